The molecule has 8 heteroatoms. The highest BCUT2D eigenvalue weighted by Gasteiger charge is 2.29. The van der Waals surface area contributed by atoms with Crippen molar-refractivity contribution in [3.8, 4) is 0 Å². The minimum atomic E-state index is -0.727. The van der Waals surface area contributed by atoms with E-state index in [1.165, 1.54) is 0 Å². The quantitative estimate of drug-likeness (QED) is 0.771. The highest BCUT2D eigenvalue weighted by atomic mass is 16.5. The van der Waals surface area contributed by atoms with Crippen LogP contribution in [-0.2, 0) is 20.9 Å². The molecule has 0 spiro atoms. The zero-order valence-electron chi connectivity index (χ0n) is 12.9. The number of ether oxygens (including phenoxy) is 1. The van der Waals surface area contributed by atoms with E-state index in [4.69, 9.17) is 4.74 Å². The monoisotopic (exact) mass is 320 g/mol. The molecule has 0 saturated carbocycles. The largest absolute Gasteiger partial charge is 0.383 e. The van der Waals surface area contributed by atoms with Crippen LogP contribution in [0.4, 0.5) is 4.79 Å². The maximum absolute atomic E-state index is 12.7. The Morgan fingerprint density at radius 2 is 2.30 bits per heavy atom. The van der Waals surface area contributed by atoms with Gasteiger partial charge in [-0.05, 0) is 18.1 Å². The summed E-state index contributed by atoms with van der Waals surface area (Å²) in [5.41, 5.74) is 0.881. The number of carbonyl (C=O) groups is 3. The Balaban J connectivity index is 2.08. The summed E-state index contributed by atoms with van der Waals surface area (Å²) in [6.07, 6.45) is 3.74. The van der Waals surface area contributed by atoms with E-state index in [0.717, 1.165) is 5.56 Å². The minimum Gasteiger partial charge on any atom is -0.383 e. The lowest BCUT2D eigenvalue weighted by Crippen LogP contribution is -2.50. The average Bonchev–Trinajstić information content (AvgIpc) is 2.72. The lowest BCUT2D eigenvalue weighted by Gasteiger charge is -2.26. The highest BCUT2D eigenvalue weighted by molar-refractivity contribution is 5.98. The average molecular weight is 320 g/mol. The van der Waals surface area contributed by atoms with Crippen molar-refractivity contribution in [3.63, 3.8) is 0 Å². The molecule has 124 valence electrons. The van der Waals surface area contributed by atoms with Gasteiger partial charge in [-0.2, -0.15) is 0 Å². The van der Waals surface area contributed by atoms with Gasteiger partial charge in [-0.3, -0.25) is 19.9 Å². The second-order valence-electron chi connectivity index (χ2n) is 5.23. The first-order valence-electron chi connectivity index (χ1n) is 7.37. The zero-order chi connectivity index (χ0) is 16.7. The van der Waals surface area contributed by atoms with Gasteiger partial charge in [-0.25, -0.2) is 4.79 Å². The van der Waals surface area contributed by atoms with Gasteiger partial charge in [0.15, 0.2) is 0 Å². The maximum Gasteiger partial charge on any atom is 0.322 e. The number of aromatic nitrogens is 1. The third-order valence-corrected chi connectivity index (χ3v) is 3.49. The molecule has 1 aliphatic heterocycles. The molecule has 4 amide bonds. The summed E-state index contributed by atoms with van der Waals surface area (Å²) in [6, 6.07) is 2.30. The molecule has 0 bridgehead atoms. The van der Waals surface area contributed by atoms with E-state index in [9.17, 15) is 14.4 Å². The summed E-state index contributed by atoms with van der Waals surface area (Å²) in [4.78, 5) is 41.3. The first-order chi connectivity index (χ1) is 11.1. The summed E-state index contributed by atoms with van der Waals surface area (Å²) in [6.45, 7) is 1.13. The van der Waals surface area contributed by atoms with Crippen molar-refractivity contribution < 1.29 is 19.1 Å². The molecule has 8 nitrogen and oxygen atoms in total. The number of hydrogen-bond acceptors (Lipinski definition) is 5. The Kier molecular flexibility index (Phi) is 6.04. The summed E-state index contributed by atoms with van der Waals surface area (Å²) in [7, 11) is 1.56. The molecule has 1 atom stereocenters. The number of amides is 4. The first-order valence-corrected chi connectivity index (χ1v) is 7.37. The standard InChI is InChI=1S/C15H20N4O4/c1-23-8-7-19(10-11-3-2-6-16-9-11)14(21)12-4-5-13(20)18-15(22)17-12/h2-3,6,9,12H,4-5,7-8,10H2,1H3,(H2,17,18,20,22). The van der Waals surface area contributed by atoms with E-state index in [2.05, 4.69) is 15.6 Å². The van der Waals surface area contributed by atoms with Crippen molar-refractivity contribution in [3.05, 3.63) is 30.1 Å². The molecule has 1 aromatic rings. The van der Waals surface area contributed by atoms with E-state index in [1.807, 2.05) is 6.07 Å². The third kappa shape index (κ3) is 5.03. The Bertz CT molecular complexity index is 564. The molecule has 0 aromatic carbocycles. The van der Waals surface area contributed by atoms with E-state index < -0.39 is 12.1 Å². The predicted octanol–water partition coefficient (Wildman–Crippen LogP) is 0.0448. The predicted molar refractivity (Wildman–Crippen MR) is 81.2 cm³/mol. The van der Waals surface area contributed by atoms with E-state index in [-0.39, 0.29) is 24.7 Å². The van der Waals surface area contributed by atoms with Crippen LogP contribution in [0.3, 0.4) is 0 Å². The van der Waals surface area contributed by atoms with Crippen molar-refractivity contribution in [1.29, 1.82) is 0 Å². The van der Waals surface area contributed by atoms with Crippen LogP contribution in [0.2, 0.25) is 0 Å². The Morgan fingerprint density at radius 1 is 1.48 bits per heavy atom. The molecule has 2 heterocycles. The number of hydrogen-bond donors (Lipinski definition) is 2. The van der Waals surface area contributed by atoms with Gasteiger partial charge in [0.2, 0.25) is 11.8 Å². The highest BCUT2D eigenvalue weighted by Crippen LogP contribution is 2.10. The van der Waals surface area contributed by atoms with Crippen LogP contribution in [0, 0.1) is 0 Å². The third-order valence-electron chi connectivity index (χ3n) is 3.49. The molecule has 1 fully saturated rings. The molecule has 1 aliphatic rings. The number of imide groups is 1. The fourth-order valence-corrected chi connectivity index (χ4v) is 2.32. The molecular formula is C15H20N4O4. The second kappa shape index (κ2) is 8.23. The number of nitrogens with one attached hydrogen (secondary N) is 2. The molecule has 0 radical (unpaired) electrons. The summed E-state index contributed by atoms with van der Waals surface area (Å²) in [5.74, 6) is -0.621. The number of pyridine rings is 1. The van der Waals surface area contributed by atoms with Crippen LogP contribution in [0.5, 0.6) is 0 Å². The molecule has 0 aliphatic carbocycles. The smallest absolute Gasteiger partial charge is 0.322 e. The number of urea groups is 1. The molecule has 1 unspecified atom stereocenters. The van der Waals surface area contributed by atoms with Gasteiger partial charge in [0, 0.05) is 39.0 Å². The van der Waals surface area contributed by atoms with Crippen molar-refractivity contribution in [2.45, 2.75) is 25.4 Å². The van der Waals surface area contributed by atoms with Crippen LogP contribution < -0.4 is 10.6 Å². The number of rotatable bonds is 6. The van der Waals surface area contributed by atoms with Crippen LogP contribution in [0.1, 0.15) is 18.4 Å². The van der Waals surface area contributed by atoms with Gasteiger partial charge < -0.3 is 15.0 Å². The first kappa shape index (κ1) is 16.9. The topological polar surface area (TPSA) is 101 Å². The van der Waals surface area contributed by atoms with Crippen LogP contribution >= 0.6 is 0 Å². The number of nitrogens with zero attached hydrogens (tertiary/aromatic N) is 2. The summed E-state index contributed by atoms with van der Waals surface area (Å²) < 4.78 is 5.05. The zero-order valence-corrected chi connectivity index (χ0v) is 12.9. The fraction of sp³-hybridized carbons (Fsp3) is 0.467. The Labute approximate surface area is 134 Å². The van der Waals surface area contributed by atoms with Crippen LogP contribution in [0.15, 0.2) is 24.5 Å². The van der Waals surface area contributed by atoms with Gasteiger partial charge in [0.1, 0.15) is 6.04 Å². The normalized spacial score (nSPS) is 17.9. The van der Waals surface area contributed by atoms with Gasteiger partial charge in [-0.15, -0.1) is 0 Å². The van der Waals surface area contributed by atoms with E-state index in [1.54, 1.807) is 30.5 Å². The van der Waals surface area contributed by atoms with Gasteiger partial charge >= 0.3 is 6.03 Å². The molecular weight excluding hydrogens is 300 g/mol. The lowest BCUT2D eigenvalue weighted by molar-refractivity contribution is -0.134. The Morgan fingerprint density at radius 3 is 3.00 bits per heavy atom. The van der Waals surface area contributed by atoms with Gasteiger partial charge in [-0.1, -0.05) is 6.07 Å². The fourth-order valence-electron chi connectivity index (χ4n) is 2.32. The summed E-state index contributed by atoms with van der Waals surface area (Å²) in [5, 5.41) is 4.70. The SMILES string of the molecule is COCCN(Cc1cccnc1)C(=O)C1CCC(=O)NC(=O)N1. The van der Waals surface area contributed by atoms with E-state index >= 15 is 0 Å². The van der Waals surface area contributed by atoms with Gasteiger partial charge in [0.25, 0.3) is 0 Å². The number of methoxy groups -OCH3 is 1. The van der Waals surface area contributed by atoms with Crippen LogP contribution in [-0.4, -0.2) is 54.0 Å². The maximum atomic E-state index is 12.7. The second-order valence-corrected chi connectivity index (χ2v) is 5.23. The van der Waals surface area contributed by atoms with Gasteiger partial charge in [0.05, 0.1) is 6.61 Å². The van der Waals surface area contributed by atoms with Crippen LogP contribution in [0.25, 0.3) is 0 Å². The Hall–Kier alpha value is -2.48. The van der Waals surface area contributed by atoms with Crippen molar-refractivity contribution in [1.82, 2.24) is 20.5 Å². The van der Waals surface area contributed by atoms with Crippen molar-refractivity contribution in [2.24, 2.45) is 0 Å². The molecule has 23 heavy (non-hydrogen) atoms. The molecule has 2 N–H and O–H groups in total. The molecule has 1 aromatic heterocycles. The molecule has 2 rings (SSSR count). The van der Waals surface area contributed by atoms with E-state index in [0.29, 0.717) is 19.7 Å². The van der Waals surface area contributed by atoms with Crippen molar-refractivity contribution >= 4 is 17.8 Å². The minimum absolute atomic E-state index is 0.125. The lowest BCUT2D eigenvalue weighted by atomic mass is 10.1. The van der Waals surface area contributed by atoms with Crippen molar-refractivity contribution in [2.75, 3.05) is 20.3 Å². The molecule has 1 saturated heterocycles. The summed E-state index contributed by atoms with van der Waals surface area (Å²) >= 11 is 0. The number of carbonyl (C=O) groups excluding carboxylic acids is 3.